The van der Waals surface area contributed by atoms with E-state index >= 15 is 0 Å². The fourth-order valence-electron chi connectivity index (χ4n) is 2.34. The Morgan fingerprint density at radius 2 is 2.00 bits per heavy atom. The van der Waals surface area contributed by atoms with E-state index in [1.165, 1.54) is 24.3 Å². The number of nitrogens with two attached hydrogens (primary N) is 1. The Balaban J connectivity index is 1.90. The molecule has 0 bridgehead atoms. The summed E-state index contributed by atoms with van der Waals surface area (Å²) in [6.07, 6.45) is 0. The van der Waals surface area contributed by atoms with E-state index in [-0.39, 0.29) is 23.0 Å². The number of carbonyl (C=O) groups is 2. The fourth-order valence-corrected chi connectivity index (χ4v) is 2.34. The highest BCUT2D eigenvalue weighted by molar-refractivity contribution is 6.38. The summed E-state index contributed by atoms with van der Waals surface area (Å²) in [6, 6.07) is 5.33. The average molecular weight is 301 g/mol. The molecule has 4 N–H and O–H groups in total. The maximum absolute atomic E-state index is 12.9. The van der Waals surface area contributed by atoms with Gasteiger partial charge in [-0.1, -0.05) is 0 Å². The van der Waals surface area contributed by atoms with E-state index in [4.69, 9.17) is 5.73 Å². The van der Waals surface area contributed by atoms with E-state index in [1.807, 2.05) is 0 Å². The second-order valence-electron chi connectivity index (χ2n) is 4.89. The first-order valence-electron chi connectivity index (χ1n) is 6.47. The van der Waals surface area contributed by atoms with Crippen LogP contribution in [-0.2, 0) is 9.59 Å². The van der Waals surface area contributed by atoms with Crippen molar-refractivity contribution in [2.24, 2.45) is 21.9 Å². The Morgan fingerprint density at radius 3 is 2.68 bits per heavy atom. The van der Waals surface area contributed by atoms with Crippen molar-refractivity contribution in [3.8, 4) is 0 Å². The van der Waals surface area contributed by atoms with Crippen molar-refractivity contribution in [3.05, 3.63) is 41.4 Å². The number of anilines is 1. The molecule has 22 heavy (non-hydrogen) atoms. The van der Waals surface area contributed by atoms with Crippen molar-refractivity contribution >= 4 is 29.0 Å². The molecule has 1 aromatic rings. The predicted octanol–water partition coefficient (Wildman–Crippen LogP) is 0.511. The van der Waals surface area contributed by atoms with Crippen LogP contribution < -0.4 is 16.4 Å². The molecule has 8 heteroatoms. The lowest BCUT2D eigenvalue weighted by Crippen LogP contribution is -2.47. The zero-order valence-corrected chi connectivity index (χ0v) is 11.6. The molecule has 2 heterocycles. The van der Waals surface area contributed by atoms with Crippen molar-refractivity contribution in [2.75, 3.05) is 5.32 Å². The summed E-state index contributed by atoms with van der Waals surface area (Å²) in [4.78, 5) is 24.3. The number of halogens is 1. The lowest BCUT2D eigenvalue weighted by molar-refractivity contribution is -0.120. The minimum atomic E-state index is -0.849. The molecule has 0 spiro atoms. The minimum absolute atomic E-state index is 0.0482. The summed E-state index contributed by atoms with van der Waals surface area (Å²) >= 11 is 0. The summed E-state index contributed by atoms with van der Waals surface area (Å²) < 4.78 is 12.9. The van der Waals surface area contributed by atoms with Gasteiger partial charge in [0.2, 0.25) is 5.91 Å². The van der Waals surface area contributed by atoms with E-state index < -0.39 is 17.6 Å². The number of carbonyl (C=O) groups excluding carboxylic acids is 2. The van der Waals surface area contributed by atoms with Crippen molar-refractivity contribution in [3.63, 3.8) is 0 Å². The molecule has 0 fully saturated rings. The highest BCUT2D eigenvalue weighted by Crippen LogP contribution is 2.24. The molecule has 2 amide bonds. The van der Waals surface area contributed by atoms with Crippen LogP contribution in [0, 0.1) is 11.7 Å². The summed E-state index contributed by atoms with van der Waals surface area (Å²) in [7, 11) is 0. The number of nitrogens with one attached hydrogen (secondary N) is 2. The summed E-state index contributed by atoms with van der Waals surface area (Å²) in [5.74, 6) is -2.05. The summed E-state index contributed by atoms with van der Waals surface area (Å²) in [5.41, 5.74) is 6.85. The average Bonchev–Trinajstić information content (AvgIpc) is 2.83. The first-order chi connectivity index (χ1) is 10.5. The van der Waals surface area contributed by atoms with Crippen LogP contribution in [0.15, 0.2) is 45.7 Å². The summed E-state index contributed by atoms with van der Waals surface area (Å²) in [6.45, 7) is 1.59. The van der Waals surface area contributed by atoms with Gasteiger partial charge in [0.05, 0.1) is 11.3 Å². The van der Waals surface area contributed by atoms with Gasteiger partial charge in [-0.05, 0) is 31.2 Å². The standard InChI is InChI=1S/C14H12FN5O2/c1-6-9(11-10(14(22)17-6)12(16)20-19-11)13(21)18-8-4-2-7(15)3-5-8/h2-5,10H,1H3,(H2,16,20)(H,17,22)(H,18,21). The Kier molecular flexibility index (Phi) is 3.21. The van der Waals surface area contributed by atoms with Crippen molar-refractivity contribution in [1.29, 1.82) is 0 Å². The molecule has 0 radical (unpaired) electrons. The maximum Gasteiger partial charge on any atom is 0.259 e. The SMILES string of the molecule is CC1=C(C(=O)Nc2ccc(F)cc2)C2=NN=C(N)C2C(=O)N1. The molecular weight excluding hydrogens is 289 g/mol. The molecule has 7 nitrogen and oxygen atoms in total. The molecule has 0 aromatic heterocycles. The Bertz CT molecular complexity index is 764. The normalized spacial score (nSPS) is 20.1. The van der Waals surface area contributed by atoms with Crippen LogP contribution in [0.5, 0.6) is 0 Å². The minimum Gasteiger partial charge on any atom is -0.385 e. The smallest absolute Gasteiger partial charge is 0.259 e. The number of benzene rings is 1. The third kappa shape index (κ3) is 2.24. The quantitative estimate of drug-likeness (QED) is 0.740. The number of hydrogen-bond donors (Lipinski definition) is 3. The third-order valence-electron chi connectivity index (χ3n) is 3.38. The number of rotatable bonds is 2. The molecule has 2 aliphatic heterocycles. The van der Waals surface area contributed by atoms with Crippen LogP contribution in [0.2, 0.25) is 0 Å². The van der Waals surface area contributed by atoms with Crippen LogP contribution in [0.1, 0.15) is 6.92 Å². The van der Waals surface area contributed by atoms with Gasteiger partial charge in [-0.25, -0.2) is 4.39 Å². The molecule has 1 unspecified atom stereocenters. The molecule has 3 rings (SSSR count). The zero-order valence-electron chi connectivity index (χ0n) is 11.6. The highest BCUT2D eigenvalue weighted by Gasteiger charge is 2.41. The fraction of sp³-hybridized carbons (Fsp3) is 0.143. The van der Waals surface area contributed by atoms with E-state index in [1.54, 1.807) is 6.92 Å². The molecular formula is C14H12FN5O2. The molecule has 1 atom stereocenters. The largest absolute Gasteiger partial charge is 0.385 e. The van der Waals surface area contributed by atoms with Gasteiger partial charge < -0.3 is 16.4 Å². The Morgan fingerprint density at radius 1 is 1.32 bits per heavy atom. The van der Waals surface area contributed by atoms with Crippen LogP contribution in [-0.4, -0.2) is 23.4 Å². The van der Waals surface area contributed by atoms with Crippen molar-refractivity contribution < 1.29 is 14.0 Å². The topological polar surface area (TPSA) is 109 Å². The van der Waals surface area contributed by atoms with Crippen LogP contribution in [0.3, 0.4) is 0 Å². The second kappa shape index (κ2) is 5.06. The number of amides is 2. The number of allylic oxidation sites excluding steroid dienone is 1. The van der Waals surface area contributed by atoms with Gasteiger partial charge in [0.15, 0.2) is 0 Å². The first-order valence-corrected chi connectivity index (χ1v) is 6.47. The monoisotopic (exact) mass is 301 g/mol. The molecule has 2 aliphatic rings. The zero-order chi connectivity index (χ0) is 15.9. The first kappa shape index (κ1) is 13.9. The maximum atomic E-state index is 12.9. The van der Waals surface area contributed by atoms with Crippen molar-refractivity contribution in [2.45, 2.75) is 6.92 Å². The van der Waals surface area contributed by atoms with Gasteiger partial charge >= 0.3 is 0 Å². The van der Waals surface area contributed by atoms with Gasteiger partial charge in [0, 0.05) is 11.4 Å². The van der Waals surface area contributed by atoms with Gasteiger partial charge in [0.1, 0.15) is 17.6 Å². The van der Waals surface area contributed by atoms with E-state index in [2.05, 4.69) is 20.8 Å². The predicted molar refractivity (Wildman–Crippen MR) is 78.4 cm³/mol. The van der Waals surface area contributed by atoms with E-state index in [0.717, 1.165) is 0 Å². The van der Waals surface area contributed by atoms with Crippen molar-refractivity contribution in [1.82, 2.24) is 5.32 Å². The Labute approximate surface area is 124 Å². The molecule has 0 saturated carbocycles. The number of nitrogens with zero attached hydrogens (tertiary/aromatic N) is 2. The van der Waals surface area contributed by atoms with Gasteiger partial charge in [-0.2, -0.15) is 5.10 Å². The second-order valence-corrected chi connectivity index (χ2v) is 4.89. The lowest BCUT2D eigenvalue weighted by Gasteiger charge is -2.23. The lowest BCUT2D eigenvalue weighted by atomic mass is 9.90. The highest BCUT2D eigenvalue weighted by atomic mass is 19.1. The van der Waals surface area contributed by atoms with Gasteiger partial charge in [-0.15, -0.1) is 5.10 Å². The van der Waals surface area contributed by atoms with Gasteiger partial charge in [-0.3, -0.25) is 9.59 Å². The molecule has 1 aromatic carbocycles. The van der Waals surface area contributed by atoms with E-state index in [9.17, 15) is 14.0 Å². The van der Waals surface area contributed by atoms with Crippen LogP contribution in [0.4, 0.5) is 10.1 Å². The molecule has 0 saturated heterocycles. The van der Waals surface area contributed by atoms with Crippen LogP contribution in [0.25, 0.3) is 0 Å². The third-order valence-corrected chi connectivity index (χ3v) is 3.38. The molecule has 0 aliphatic carbocycles. The number of hydrogen-bond acceptors (Lipinski definition) is 5. The molecule has 112 valence electrons. The number of fused-ring (bicyclic) bond motifs is 1. The Hall–Kier alpha value is -3.03. The van der Waals surface area contributed by atoms with E-state index in [0.29, 0.717) is 11.4 Å². The summed E-state index contributed by atoms with van der Waals surface area (Å²) in [5, 5.41) is 12.7. The van der Waals surface area contributed by atoms with Gasteiger partial charge in [0.25, 0.3) is 5.91 Å². The van der Waals surface area contributed by atoms with Crippen LogP contribution >= 0.6 is 0 Å². The number of amidine groups is 1.